The van der Waals surface area contributed by atoms with Crippen molar-refractivity contribution in [3.63, 3.8) is 0 Å². The van der Waals surface area contributed by atoms with Gasteiger partial charge in [0.05, 0.1) is 0 Å². The number of carbonyl (C=O) groups is 1. The maximum atomic E-state index is 12.0. The fraction of sp³-hybridized carbons (Fsp3) is 0.120. The first kappa shape index (κ1) is 20.2. The zero-order valence-electron chi connectivity index (χ0n) is 17.2. The van der Waals surface area contributed by atoms with Crippen LogP contribution in [0.25, 0.3) is 0 Å². The van der Waals surface area contributed by atoms with Gasteiger partial charge in [0.25, 0.3) is 5.91 Å². The second kappa shape index (κ2) is 9.63. The Morgan fingerprint density at radius 3 is 2.26 bits per heavy atom. The van der Waals surface area contributed by atoms with Crippen molar-refractivity contribution in [3.05, 3.63) is 114 Å². The van der Waals surface area contributed by atoms with E-state index in [1.165, 1.54) is 0 Å². The maximum absolute atomic E-state index is 12.0. The molecular formula is C25H23N5O. The number of aromatic nitrogens is 3. The lowest BCUT2D eigenvalue weighted by atomic mass is 9.87. The van der Waals surface area contributed by atoms with Crippen LogP contribution in [0, 0.1) is 0 Å². The average Bonchev–Trinajstić information content (AvgIpc) is 2.84. The fourth-order valence-corrected chi connectivity index (χ4v) is 3.55. The van der Waals surface area contributed by atoms with E-state index in [1.807, 2.05) is 48.8 Å². The highest BCUT2D eigenvalue weighted by Crippen LogP contribution is 2.30. The van der Waals surface area contributed by atoms with Crippen LogP contribution in [0.4, 0.5) is 11.5 Å². The lowest BCUT2D eigenvalue weighted by Crippen LogP contribution is -2.17. The highest BCUT2D eigenvalue weighted by molar-refractivity contribution is 5.95. The second-order valence-corrected chi connectivity index (χ2v) is 7.13. The van der Waals surface area contributed by atoms with E-state index < -0.39 is 0 Å². The molecule has 4 rings (SSSR count). The van der Waals surface area contributed by atoms with Gasteiger partial charge in [-0.1, -0.05) is 24.3 Å². The van der Waals surface area contributed by atoms with E-state index in [1.54, 1.807) is 31.7 Å². The van der Waals surface area contributed by atoms with Crippen LogP contribution >= 0.6 is 0 Å². The SMILES string of the molecule is CNC(=O)c1cccc(Nc2ncccc2CC(c2cccnc2)c2cccnc2)c1. The number of anilines is 2. The Kier molecular flexibility index (Phi) is 6.28. The van der Waals surface area contributed by atoms with Gasteiger partial charge in [-0.05, 0) is 59.5 Å². The van der Waals surface area contributed by atoms with Crippen LogP contribution in [0.15, 0.2) is 91.6 Å². The first-order chi connectivity index (χ1) is 15.2. The fourth-order valence-electron chi connectivity index (χ4n) is 3.55. The van der Waals surface area contributed by atoms with Crippen LogP contribution in [0.1, 0.15) is 33.0 Å². The minimum atomic E-state index is -0.127. The van der Waals surface area contributed by atoms with Crippen molar-refractivity contribution in [1.29, 1.82) is 0 Å². The van der Waals surface area contributed by atoms with Crippen molar-refractivity contribution in [3.8, 4) is 0 Å². The second-order valence-electron chi connectivity index (χ2n) is 7.13. The summed E-state index contributed by atoms with van der Waals surface area (Å²) < 4.78 is 0. The molecule has 0 saturated carbocycles. The summed E-state index contributed by atoms with van der Waals surface area (Å²) in [4.78, 5) is 25.2. The number of benzene rings is 1. The van der Waals surface area contributed by atoms with Gasteiger partial charge in [-0.2, -0.15) is 0 Å². The van der Waals surface area contributed by atoms with E-state index in [0.29, 0.717) is 5.56 Å². The predicted octanol–water partition coefficient (Wildman–Crippen LogP) is 4.35. The molecule has 0 saturated heterocycles. The molecule has 6 nitrogen and oxygen atoms in total. The van der Waals surface area contributed by atoms with Gasteiger partial charge in [-0.15, -0.1) is 0 Å². The summed E-state index contributed by atoms with van der Waals surface area (Å²) in [6.45, 7) is 0. The summed E-state index contributed by atoms with van der Waals surface area (Å²) in [6.07, 6.45) is 9.84. The molecule has 0 aliphatic carbocycles. The molecule has 0 aliphatic heterocycles. The highest BCUT2D eigenvalue weighted by Gasteiger charge is 2.18. The van der Waals surface area contributed by atoms with Gasteiger partial charge >= 0.3 is 0 Å². The third-order valence-electron chi connectivity index (χ3n) is 5.10. The number of carbonyl (C=O) groups excluding carboxylic acids is 1. The Hall–Kier alpha value is -4.06. The smallest absolute Gasteiger partial charge is 0.251 e. The maximum Gasteiger partial charge on any atom is 0.251 e. The molecule has 3 aromatic heterocycles. The lowest BCUT2D eigenvalue weighted by Gasteiger charge is -2.19. The zero-order chi connectivity index (χ0) is 21.5. The minimum Gasteiger partial charge on any atom is -0.355 e. The van der Waals surface area contributed by atoms with E-state index in [-0.39, 0.29) is 11.8 Å². The van der Waals surface area contributed by atoms with Crippen LogP contribution < -0.4 is 10.6 Å². The molecule has 3 heterocycles. The van der Waals surface area contributed by atoms with Crippen molar-refractivity contribution in [2.45, 2.75) is 12.3 Å². The Labute approximate surface area is 181 Å². The molecule has 0 bridgehead atoms. The van der Waals surface area contributed by atoms with Gasteiger partial charge in [0, 0.05) is 55.2 Å². The Morgan fingerprint density at radius 2 is 1.61 bits per heavy atom. The number of nitrogens with zero attached hydrogens (tertiary/aromatic N) is 3. The molecule has 0 fully saturated rings. The third-order valence-corrected chi connectivity index (χ3v) is 5.10. The molecule has 154 valence electrons. The molecule has 6 heteroatoms. The topological polar surface area (TPSA) is 79.8 Å². The van der Waals surface area contributed by atoms with Crippen molar-refractivity contribution in [2.75, 3.05) is 12.4 Å². The van der Waals surface area contributed by atoms with Crippen LogP contribution in [-0.2, 0) is 6.42 Å². The molecule has 1 aromatic carbocycles. The summed E-state index contributed by atoms with van der Waals surface area (Å²) in [6, 6.07) is 19.4. The predicted molar refractivity (Wildman–Crippen MR) is 121 cm³/mol. The molecular weight excluding hydrogens is 386 g/mol. The molecule has 0 unspecified atom stereocenters. The van der Waals surface area contributed by atoms with Crippen LogP contribution in [-0.4, -0.2) is 27.9 Å². The van der Waals surface area contributed by atoms with E-state index in [4.69, 9.17) is 0 Å². The molecule has 4 aromatic rings. The summed E-state index contributed by atoms with van der Waals surface area (Å²) in [5, 5.41) is 6.03. The van der Waals surface area contributed by atoms with Crippen LogP contribution in [0.3, 0.4) is 0 Å². The average molecular weight is 409 g/mol. The van der Waals surface area contributed by atoms with Gasteiger partial charge in [0.1, 0.15) is 5.82 Å². The Bertz CT molecular complexity index is 1110. The standard InChI is InChI=1S/C25H23N5O/c1-26-25(31)19-6-2-10-22(14-19)30-24-18(7-5-13-29-24)15-23(20-8-3-11-27-16-20)21-9-4-12-28-17-21/h2-14,16-17,23H,15H2,1H3,(H,26,31)(H,29,30). The number of nitrogens with one attached hydrogen (secondary N) is 2. The van der Waals surface area contributed by atoms with Crippen molar-refractivity contribution in [2.24, 2.45) is 0 Å². The minimum absolute atomic E-state index is 0.0874. The van der Waals surface area contributed by atoms with E-state index in [2.05, 4.69) is 43.8 Å². The summed E-state index contributed by atoms with van der Waals surface area (Å²) >= 11 is 0. The summed E-state index contributed by atoms with van der Waals surface area (Å²) in [5.41, 5.74) is 4.69. The quantitative estimate of drug-likeness (QED) is 0.474. The molecule has 0 atom stereocenters. The number of hydrogen-bond donors (Lipinski definition) is 2. The number of hydrogen-bond acceptors (Lipinski definition) is 5. The van der Waals surface area contributed by atoms with Crippen LogP contribution in [0.5, 0.6) is 0 Å². The van der Waals surface area contributed by atoms with E-state index >= 15 is 0 Å². The number of amides is 1. The summed E-state index contributed by atoms with van der Waals surface area (Å²) in [7, 11) is 1.62. The third kappa shape index (κ3) is 4.93. The molecule has 0 radical (unpaired) electrons. The normalized spacial score (nSPS) is 10.6. The van der Waals surface area contributed by atoms with Gasteiger partial charge in [0.2, 0.25) is 0 Å². The zero-order valence-corrected chi connectivity index (χ0v) is 17.2. The molecule has 2 N–H and O–H groups in total. The van der Waals surface area contributed by atoms with E-state index in [9.17, 15) is 4.79 Å². The van der Waals surface area contributed by atoms with Gasteiger partial charge in [0.15, 0.2) is 0 Å². The molecule has 31 heavy (non-hydrogen) atoms. The largest absolute Gasteiger partial charge is 0.355 e. The van der Waals surface area contributed by atoms with Crippen LogP contribution in [0.2, 0.25) is 0 Å². The number of rotatable bonds is 7. The molecule has 0 spiro atoms. The van der Waals surface area contributed by atoms with Gasteiger partial charge in [-0.3, -0.25) is 14.8 Å². The highest BCUT2D eigenvalue weighted by atomic mass is 16.1. The molecule has 0 aliphatic rings. The lowest BCUT2D eigenvalue weighted by molar-refractivity contribution is 0.0963. The van der Waals surface area contributed by atoms with Crippen molar-refractivity contribution < 1.29 is 4.79 Å². The first-order valence-corrected chi connectivity index (χ1v) is 10.1. The van der Waals surface area contributed by atoms with Crippen molar-refractivity contribution in [1.82, 2.24) is 20.3 Å². The first-order valence-electron chi connectivity index (χ1n) is 10.1. The van der Waals surface area contributed by atoms with Gasteiger partial charge in [-0.25, -0.2) is 4.98 Å². The molecule has 1 amide bonds. The van der Waals surface area contributed by atoms with Gasteiger partial charge < -0.3 is 10.6 Å². The number of pyridine rings is 3. The Balaban J connectivity index is 1.65. The Morgan fingerprint density at radius 1 is 0.903 bits per heavy atom. The van der Waals surface area contributed by atoms with E-state index in [0.717, 1.165) is 34.6 Å². The monoisotopic (exact) mass is 409 g/mol. The summed E-state index contributed by atoms with van der Waals surface area (Å²) in [5.74, 6) is 0.719. The van der Waals surface area contributed by atoms with Crippen molar-refractivity contribution >= 4 is 17.4 Å².